The van der Waals surface area contributed by atoms with E-state index in [1.807, 2.05) is 0 Å². The highest BCUT2D eigenvalue weighted by Crippen LogP contribution is 2.37. The maximum atomic E-state index is 11.4. The van der Waals surface area contributed by atoms with Gasteiger partial charge in [-0.25, -0.2) is 18.4 Å². The highest BCUT2D eigenvalue weighted by atomic mass is 32.2. The van der Waals surface area contributed by atoms with Gasteiger partial charge in [-0.15, -0.1) is 0 Å². The molecular formula is C11H10N2O5S. The Morgan fingerprint density at radius 3 is 2.32 bits per heavy atom. The van der Waals surface area contributed by atoms with Crippen LogP contribution in [0.3, 0.4) is 0 Å². The van der Waals surface area contributed by atoms with Crippen molar-refractivity contribution >= 4 is 26.9 Å². The van der Waals surface area contributed by atoms with Crippen molar-refractivity contribution in [3.63, 3.8) is 0 Å². The van der Waals surface area contributed by atoms with Crippen molar-refractivity contribution in [2.75, 3.05) is 0 Å². The van der Waals surface area contributed by atoms with Crippen molar-refractivity contribution in [3.8, 4) is 11.5 Å². The molecule has 0 atom stereocenters. The molecule has 0 aliphatic heterocycles. The first-order valence-corrected chi connectivity index (χ1v) is 6.60. The number of sulfonamides is 1. The Hall–Kier alpha value is -2.32. The fraction of sp³-hybridized carbons (Fsp3) is 0. The molecule has 0 saturated heterocycles. The molecule has 0 unspecified atom stereocenters. The van der Waals surface area contributed by atoms with Gasteiger partial charge in [0, 0.05) is 16.8 Å². The van der Waals surface area contributed by atoms with Crippen molar-refractivity contribution in [2.45, 2.75) is 4.90 Å². The number of benzene rings is 2. The van der Waals surface area contributed by atoms with Crippen LogP contribution >= 0.6 is 0 Å². The van der Waals surface area contributed by atoms with Crippen molar-refractivity contribution in [1.82, 2.24) is 0 Å². The highest BCUT2D eigenvalue weighted by molar-refractivity contribution is 7.89. The lowest BCUT2D eigenvalue weighted by Gasteiger charge is -2.10. The molecule has 0 bridgehead atoms. The molecule has 0 saturated carbocycles. The molecule has 0 radical (unpaired) electrons. The topological polar surface area (TPSA) is 133 Å². The van der Waals surface area contributed by atoms with Crippen LogP contribution in [-0.4, -0.2) is 19.6 Å². The Morgan fingerprint density at radius 2 is 1.79 bits per heavy atom. The SMILES string of the molecule is NC(=O)Oc1cc(S(N)(=O)=O)c(O)c2ccccc12. The number of phenolic OH excluding ortho intramolecular Hbond substituents is 1. The predicted octanol–water partition coefficient (Wildman–Crippen LogP) is 0.650. The van der Waals surface area contributed by atoms with Crippen LogP contribution in [0.25, 0.3) is 10.8 Å². The average Bonchev–Trinajstić information content (AvgIpc) is 2.31. The van der Waals surface area contributed by atoms with Gasteiger partial charge < -0.3 is 15.6 Å². The molecule has 100 valence electrons. The van der Waals surface area contributed by atoms with Crippen LogP contribution in [-0.2, 0) is 10.0 Å². The number of aromatic hydroxyl groups is 1. The normalized spacial score (nSPS) is 11.4. The van der Waals surface area contributed by atoms with Crippen molar-refractivity contribution < 1.29 is 23.1 Å². The third-order valence-electron chi connectivity index (χ3n) is 2.46. The molecule has 0 fully saturated rings. The molecule has 2 aromatic carbocycles. The summed E-state index contributed by atoms with van der Waals surface area (Å²) >= 11 is 0. The van der Waals surface area contributed by atoms with E-state index < -0.39 is 26.8 Å². The minimum Gasteiger partial charge on any atom is -0.506 e. The molecule has 0 heterocycles. The number of carbonyl (C=O) groups is 1. The summed E-state index contributed by atoms with van der Waals surface area (Å²) in [6.07, 6.45) is -1.10. The van der Waals surface area contributed by atoms with E-state index in [9.17, 15) is 18.3 Å². The van der Waals surface area contributed by atoms with E-state index >= 15 is 0 Å². The van der Waals surface area contributed by atoms with Crippen molar-refractivity contribution in [2.24, 2.45) is 10.9 Å². The van der Waals surface area contributed by atoms with E-state index in [0.29, 0.717) is 5.39 Å². The quantitative estimate of drug-likeness (QED) is 0.743. The molecule has 19 heavy (non-hydrogen) atoms. The summed E-state index contributed by atoms with van der Waals surface area (Å²) in [5.41, 5.74) is 4.91. The van der Waals surface area contributed by atoms with Gasteiger partial charge in [0.05, 0.1) is 0 Å². The first-order valence-electron chi connectivity index (χ1n) is 5.05. The van der Waals surface area contributed by atoms with Gasteiger partial charge in [0.1, 0.15) is 16.4 Å². The molecule has 2 aromatic rings. The van der Waals surface area contributed by atoms with E-state index in [1.165, 1.54) is 6.07 Å². The number of hydrogen-bond donors (Lipinski definition) is 3. The molecule has 8 heteroatoms. The summed E-state index contributed by atoms with van der Waals surface area (Å²) in [7, 11) is -4.17. The first kappa shape index (κ1) is 13.1. The number of primary amides is 1. The maximum absolute atomic E-state index is 11.4. The Balaban J connectivity index is 2.87. The third kappa shape index (κ3) is 2.44. The molecule has 5 N–H and O–H groups in total. The van der Waals surface area contributed by atoms with E-state index in [2.05, 4.69) is 0 Å². The number of hydrogen-bond acceptors (Lipinski definition) is 5. The van der Waals surface area contributed by atoms with Crippen LogP contribution in [0.1, 0.15) is 0 Å². The second-order valence-electron chi connectivity index (χ2n) is 3.73. The van der Waals surface area contributed by atoms with Gasteiger partial charge in [-0.1, -0.05) is 24.3 Å². The molecule has 0 aliphatic rings. The molecule has 0 aliphatic carbocycles. The van der Waals surface area contributed by atoms with Crippen molar-refractivity contribution in [3.05, 3.63) is 30.3 Å². The van der Waals surface area contributed by atoms with E-state index in [0.717, 1.165) is 6.07 Å². The maximum Gasteiger partial charge on any atom is 0.409 e. The average molecular weight is 282 g/mol. The monoisotopic (exact) mass is 282 g/mol. The Morgan fingerprint density at radius 1 is 1.21 bits per heavy atom. The summed E-state index contributed by atoms with van der Waals surface area (Å²) in [5, 5.41) is 15.4. The van der Waals surface area contributed by atoms with Crippen LogP contribution in [0.4, 0.5) is 4.79 Å². The summed E-state index contributed by atoms with van der Waals surface area (Å²) in [6.45, 7) is 0. The molecule has 2 rings (SSSR count). The third-order valence-corrected chi connectivity index (χ3v) is 3.38. The van der Waals surface area contributed by atoms with Crippen LogP contribution in [0, 0.1) is 0 Å². The summed E-state index contributed by atoms with van der Waals surface area (Å²) in [4.78, 5) is 10.3. The molecule has 0 spiro atoms. The van der Waals surface area contributed by atoms with Gasteiger partial charge in [-0.2, -0.15) is 0 Å². The number of phenols is 1. The lowest BCUT2D eigenvalue weighted by molar-refractivity contribution is 0.211. The Kier molecular flexibility index (Phi) is 3.05. The number of amides is 1. The first-order chi connectivity index (χ1) is 8.80. The standard InChI is InChI=1S/C11H10N2O5S/c12-11(15)18-8-5-9(19(13,16)17)10(14)7-4-2-1-3-6(7)8/h1-5,14H,(H2,12,15)(H2,13,16,17). The van der Waals surface area contributed by atoms with Gasteiger partial charge in [0.2, 0.25) is 10.0 Å². The van der Waals surface area contributed by atoms with Gasteiger partial charge in [-0.3, -0.25) is 0 Å². The van der Waals surface area contributed by atoms with Crippen LogP contribution < -0.4 is 15.6 Å². The van der Waals surface area contributed by atoms with Gasteiger partial charge in [0.15, 0.2) is 0 Å². The van der Waals surface area contributed by atoms with Gasteiger partial charge >= 0.3 is 6.09 Å². The summed E-state index contributed by atoms with van der Waals surface area (Å²) < 4.78 is 27.5. The predicted molar refractivity (Wildman–Crippen MR) is 67.2 cm³/mol. The zero-order valence-electron chi connectivity index (χ0n) is 9.53. The summed E-state index contributed by atoms with van der Waals surface area (Å²) in [6, 6.07) is 7.18. The number of carbonyl (C=O) groups excluding carboxylic acids is 1. The van der Waals surface area contributed by atoms with Crippen LogP contribution in [0.2, 0.25) is 0 Å². The number of rotatable bonds is 2. The van der Waals surface area contributed by atoms with Gasteiger partial charge in [-0.05, 0) is 0 Å². The Bertz CT molecular complexity index is 770. The smallest absolute Gasteiger partial charge is 0.409 e. The Labute approximate surface area is 108 Å². The fourth-order valence-corrected chi connectivity index (χ4v) is 2.36. The highest BCUT2D eigenvalue weighted by Gasteiger charge is 2.20. The minimum absolute atomic E-state index is 0.0927. The van der Waals surface area contributed by atoms with Crippen LogP contribution in [0.5, 0.6) is 11.5 Å². The second-order valence-corrected chi connectivity index (χ2v) is 5.26. The molecule has 7 nitrogen and oxygen atoms in total. The largest absolute Gasteiger partial charge is 0.506 e. The second kappa shape index (κ2) is 4.41. The lowest BCUT2D eigenvalue weighted by atomic mass is 10.1. The van der Waals surface area contributed by atoms with Crippen molar-refractivity contribution in [1.29, 1.82) is 0 Å². The molecule has 1 amide bonds. The fourth-order valence-electron chi connectivity index (χ4n) is 1.71. The van der Waals surface area contributed by atoms with E-state index in [4.69, 9.17) is 15.6 Å². The summed E-state index contributed by atoms with van der Waals surface area (Å²) in [5.74, 6) is -0.597. The minimum atomic E-state index is -4.17. The van der Waals surface area contributed by atoms with E-state index in [-0.39, 0.29) is 11.1 Å². The number of fused-ring (bicyclic) bond motifs is 1. The molecular weight excluding hydrogens is 272 g/mol. The zero-order valence-corrected chi connectivity index (χ0v) is 10.3. The zero-order chi connectivity index (χ0) is 14.2. The van der Waals surface area contributed by atoms with Gasteiger partial charge in [0.25, 0.3) is 0 Å². The van der Waals surface area contributed by atoms with Crippen LogP contribution in [0.15, 0.2) is 35.2 Å². The number of nitrogens with two attached hydrogens (primary N) is 2. The molecule has 0 aromatic heterocycles. The van der Waals surface area contributed by atoms with E-state index in [1.54, 1.807) is 18.2 Å². The number of ether oxygens (including phenoxy) is 1. The lowest BCUT2D eigenvalue weighted by Crippen LogP contribution is -2.17. The number of primary sulfonamides is 1.